The smallest absolute Gasteiger partial charge is 0.223 e. The van der Waals surface area contributed by atoms with Crippen LogP contribution in [0.3, 0.4) is 0 Å². The van der Waals surface area contributed by atoms with Crippen molar-refractivity contribution >= 4 is 23.5 Å². The van der Waals surface area contributed by atoms with E-state index in [-0.39, 0.29) is 5.75 Å². The first kappa shape index (κ1) is 13.2. The fourth-order valence-electron chi connectivity index (χ4n) is 1.20. The third-order valence-corrected chi connectivity index (χ3v) is 2.25. The molecule has 1 rings (SSSR count). The standard InChI is InChI=1S/C11H15N3O2S/c1-3-12-11(17)14-13-7-8-5-4-6-9(16-2)10(8)15/h4-7,15H,3H2,1-2H3,(H2,12,14,17)/p+1/b13-7+. The van der Waals surface area contributed by atoms with Crippen molar-refractivity contribution in [3.05, 3.63) is 23.8 Å². The van der Waals surface area contributed by atoms with E-state index in [0.717, 1.165) is 6.54 Å². The molecule has 0 aliphatic rings. The van der Waals surface area contributed by atoms with Crippen LogP contribution >= 0.6 is 12.2 Å². The summed E-state index contributed by atoms with van der Waals surface area (Å²) < 4.78 is 5.00. The summed E-state index contributed by atoms with van der Waals surface area (Å²) in [5.74, 6) is 0.508. The second-order valence-electron chi connectivity index (χ2n) is 3.17. The van der Waals surface area contributed by atoms with Gasteiger partial charge in [-0.05, 0) is 31.3 Å². The lowest BCUT2D eigenvalue weighted by Gasteiger charge is -2.03. The molecule has 0 unspecified atom stereocenters. The average molecular weight is 254 g/mol. The molecule has 1 aromatic rings. The van der Waals surface area contributed by atoms with Gasteiger partial charge in [0.05, 0.1) is 12.7 Å². The Morgan fingerprint density at radius 3 is 3.00 bits per heavy atom. The molecule has 0 aromatic heterocycles. The van der Waals surface area contributed by atoms with Crippen LogP contribution in [0.15, 0.2) is 18.2 Å². The fraction of sp³-hybridized carbons (Fsp3) is 0.273. The van der Waals surface area contributed by atoms with Gasteiger partial charge in [0.2, 0.25) is 11.3 Å². The SMILES string of the molecule is CCNC(=S)N/[NH+]=C/c1cccc(OC)c1O. The lowest BCUT2D eigenvalue weighted by Crippen LogP contribution is -2.82. The first-order chi connectivity index (χ1) is 8.19. The van der Waals surface area contributed by atoms with E-state index in [0.29, 0.717) is 16.4 Å². The van der Waals surface area contributed by atoms with Crippen molar-refractivity contribution in [1.29, 1.82) is 0 Å². The Bertz CT molecular complexity index is 421. The van der Waals surface area contributed by atoms with Gasteiger partial charge in [-0.25, -0.2) is 0 Å². The average Bonchev–Trinajstić information content (AvgIpc) is 2.32. The number of rotatable bonds is 4. The molecule has 6 heteroatoms. The first-order valence-electron chi connectivity index (χ1n) is 5.17. The van der Waals surface area contributed by atoms with Crippen molar-refractivity contribution in [2.24, 2.45) is 0 Å². The number of methoxy groups -OCH3 is 1. The number of phenols is 1. The molecule has 0 radical (unpaired) electrons. The molecule has 0 fully saturated rings. The van der Waals surface area contributed by atoms with E-state index in [2.05, 4.69) is 15.8 Å². The van der Waals surface area contributed by atoms with Gasteiger partial charge in [-0.1, -0.05) is 6.07 Å². The van der Waals surface area contributed by atoms with Crippen LogP contribution in [0.5, 0.6) is 11.5 Å². The van der Waals surface area contributed by atoms with E-state index < -0.39 is 0 Å². The summed E-state index contributed by atoms with van der Waals surface area (Å²) in [6.45, 7) is 2.70. The predicted octanol–water partition coefficient (Wildman–Crippen LogP) is -0.701. The molecule has 0 amide bonds. The minimum Gasteiger partial charge on any atom is -0.504 e. The largest absolute Gasteiger partial charge is 0.504 e. The summed E-state index contributed by atoms with van der Waals surface area (Å²) in [7, 11) is 1.50. The monoisotopic (exact) mass is 254 g/mol. The van der Waals surface area contributed by atoms with Crippen LogP contribution in [0.25, 0.3) is 0 Å². The fourth-order valence-corrected chi connectivity index (χ4v) is 1.41. The molecular weight excluding hydrogens is 238 g/mol. The Balaban J connectivity index is 2.68. The molecule has 92 valence electrons. The third-order valence-electron chi connectivity index (χ3n) is 2.00. The molecule has 17 heavy (non-hydrogen) atoms. The topological polar surface area (TPSA) is 67.5 Å². The third kappa shape index (κ3) is 3.92. The Labute approximate surface area is 105 Å². The second kappa shape index (κ2) is 6.70. The highest BCUT2D eigenvalue weighted by molar-refractivity contribution is 7.80. The minimum atomic E-state index is 0.0821. The molecule has 0 heterocycles. The highest BCUT2D eigenvalue weighted by atomic mass is 32.1. The molecule has 0 bridgehead atoms. The lowest BCUT2D eigenvalue weighted by molar-refractivity contribution is -0.500. The molecule has 0 saturated heterocycles. The van der Waals surface area contributed by atoms with E-state index in [1.807, 2.05) is 6.92 Å². The van der Waals surface area contributed by atoms with E-state index in [4.69, 9.17) is 17.0 Å². The van der Waals surface area contributed by atoms with Gasteiger partial charge in [-0.3, -0.25) is 0 Å². The van der Waals surface area contributed by atoms with Crippen LogP contribution in [0.2, 0.25) is 0 Å². The van der Waals surface area contributed by atoms with Gasteiger partial charge in [0, 0.05) is 6.54 Å². The summed E-state index contributed by atoms with van der Waals surface area (Å²) in [4.78, 5) is 0. The summed E-state index contributed by atoms with van der Waals surface area (Å²) >= 11 is 4.96. The maximum atomic E-state index is 9.78. The van der Waals surface area contributed by atoms with Gasteiger partial charge in [-0.15, -0.1) is 10.5 Å². The zero-order valence-corrected chi connectivity index (χ0v) is 10.6. The number of nitrogens with one attached hydrogen (secondary N) is 3. The number of para-hydroxylation sites is 1. The molecule has 0 spiro atoms. The highest BCUT2D eigenvalue weighted by Crippen LogP contribution is 2.27. The number of hydrogen-bond acceptors (Lipinski definition) is 3. The maximum absolute atomic E-state index is 9.78. The summed E-state index contributed by atoms with van der Waals surface area (Å²) in [6, 6.07) is 5.22. The van der Waals surface area contributed by atoms with Gasteiger partial charge in [0.1, 0.15) is 0 Å². The Morgan fingerprint density at radius 2 is 2.35 bits per heavy atom. The normalized spacial score (nSPS) is 10.2. The molecule has 1 aromatic carbocycles. The number of thiocarbonyl (C=S) groups is 1. The maximum Gasteiger partial charge on any atom is 0.223 e. The molecule has 0 aliphatic heterocycles. The zero-order chi connectivity index (χ0) is 12.7. The molecule has 0 aliphatic carbocycles. The van der Waals surface area contributed by atoms with E-state index >= 15 is 0 Å². The quantitative estimate of drug-likeness (QED) is 0.325. The number of hydrazone groups is 1. The van der Waals surface area contributed by atoms with E-state index in [1.165, 1.54) is 7.11 Å². The van der Waals surface area contributed by atoms with Crippen molar-refractivity contribution in [2.75, 3.05) is 13.7 Å². The number of aromatic hydroxyl groups is 1. The Kier molecular flexibility index (Phi) is 5.22. The zero-order valence-electron chi connectivity index (χ0n) is 9.78. The van der Waals surface area contributed by atoms with Gasteiger partial charge in [0.25, 0.3) is 0 Å². The van der Waals surface area contributed by atoms with Gasteiger partial charge < -0.3 is 15.2 Å². The van der Waals surface area contributed by atoms with Crippen molar-refractivity contribution in [2.45, 2.75) is 6.92 Å². The van der Waals surface area contributed by atoms with Crippen molar-refractivity contribution in [3.63, 3.8) is 0 Å². The van der Waals surface area contributed by atoms with Crippen LogP contribution < -0.4 is 20.6 Å². The molecule has 0 atom stereocenters. The molecule has 5 nitrogen and oxygen atoms in total. The minimum absolute atomic E-state index is 0.0821. The van der Waals surface area contributed by atoms with E-state index in [1.54, 1.807) is 24.4 Å². The van der Waals surface area contributed by atoms with Crippen LogP contribution in [0.1, 0.15) is 12.5 Å². The van der Waals surface area contributed by atoms with Crippen LogP contribution in [-0.4, -0.2) is 30.1 Å². The summed E-state index contributed by atoms with van der Waals surface area (Å²) in [5.41, 5.74) is 3.37. The van der Waals surface area contributed by atoms with Crippen LogP contribution in [-0.2, 0) is 0 Å². The molecule has 4 N–H and O–H groups in total. The van der Waals surface area contributed by atoms with Crippen LogP contribution in [0, 0.1) is 0 Å². The van der Waals surface area contributed by atoms with Crippen molar-refractivity contribution in [3.8, 4) is 11.5 Å². The first-order valence-corrected chi connectivity index (χ1v) is 5.58. The number of hydrogen-bond donors (Lipinski definition) is 4. The predicted molar refractivity (Wildman–Crippen MR) is 70.2 cm³/mol. The number of phenolic OH excluding ortho intramolecular Hbond substituents is 1. The molecular formula is C11H16N3O2S+. The Morgan fingerprint density at radius 1 is 1.59 bits per heavy atom. The van der Waals surface area contributed by atoms with E-state index in [9.17, 15) is 5.11 Å². The molecule has 0 saturated carbocycles. The second-order valence-corrected chi connectivity index (χ2v) is 3.58. The lowest BCUT2D eigenvalue weighted by atomic mass is 10.2. The van der Waals surface area contributed by atoms with Crippen molar-refractivity contribution in [1.82, 2.24) is 10.7 Å². The van der Waals surface area contributed by atoms with Gasteiger partial charge in [-0.2, -0.15) is 0 Å². The summed E-state index contributed by atoms with van der Waals surface area (Å²) in [6.07, 6.45) is 1.60. The number of hydrazine groups is 1. The highest BCUT2D eigenvalue weighted by Gasteiger charge is 2.06. The summed E-state index contributed by atoms with van der Waals surface area (Å²) in [5, 5.41) is 16.0. The number of benzene rings is 1. The Hall–Kier alpha value is -1.82. The van der Waals surface area contributed by atoms with Crippen LogP contribution in [0.4, 0.5) is 0 Å². The van der Waals surface area contributed by atoms with Crippen molar-refractivity contribution < 1.29 is 14.9 Å². The van der Waals surface area contributed by atoms with Gasteiger partial charge in [0.15, 0.2) is 11.5 Å². The van der Waals surface area contributed by atoms with Gasteiger partial charge >= 0.3 is 0 Å². The number of ether oxygens (including phenoxy) is 1.